The van der Waals surface area contributed by atoms with E-state index in [9.17, 15) is 29.8 Å². The predicted molar refractivity (Wildman–Crippen MR) is 126 cm³/mol. The molecule has 3 aromatic rings. The summed E-state index contributed by atoms with van der Waals surface area (Å²) in [6.45, 7) is 3.27. The first-order valence-electron chi connectivity index (χ1n) is 10.6. The number of rotatable bonds is 2. The summed E-state index contributed by atoms with van der Waals surface area (Å²) in [5.74, 6) is -2.05. The second-order valence-electron chi connectivity index (χ2n) is 7.90. The Balaban J connectivity index is 2.06. The molecule has 1 aromatic carbocycles. The Morgan fingerprint density at radius 3 is 1.19 bits per heavy atom. The monoisotopic (exact) mass is 518 g/mol. The summed E-state index contributed by atoms with van der Waals surface area (Å²) >= 11 is 1.14. The molecule has 0 fully saturated rings. The maximum absolute atomic E-state index is 16.5. The van der Waals surface area contributed by atoms with Crippen LogP contribution in [0.25, 0.3) is 32.0 Å². The zero-order valence-corrected chi connectivity index (χ0v) is 20.2. The van der Waals surface area contributed by atoms with E-state index >= 15 is 8.78 Å². The molecule has 2 aliphatic rings. The van der Waals surface area contributed by atoms with E-state index in [0.717, 1.165) is 0 Å². The first-order valence-corrected chi connectivity index (χ1v) is 12.2. The molecule has 0 radical (unpaired) electrons. The Bertz CT molecular complexity index is 1630. The molecule has 36 heavy (non-hydrogen) atoms. The number of fused-ring (bicyclic) bond motifs is 6. The summed E-state index contributed by atoms with van der Waals surface area (Å²) in [4.78, 5) is 0.0343. The molecule has 0 N–H and O–H groups in total. The largest absolute Gasteiger partial charge is 0.206 e. The fraction of sp³-hybridized carbons (Fsp3) is 0.154. The van der Waals surface area contributed by atoms with Gasteiger partial charge in [0.1, 0.15) is 47.1 Å². The van der Waals surface area contributed by atoms with Gasteiger partial charge in [-0.3, -0.25) is 0 Å². The van der Waals surface area contributed by atoms with E-state index in [1.165, 1.54) is 0 Å². The molecule has 10 heteroatoms. The molecule has 0 saturated heterocycles. The Morgan fingerprint density at radius 2 is 0.917 bits per heavy atom. The molecule has 0 saturated carbocycles. The van der Waals surface area contributed by atoms with E-state index in [4.69, 9.17) is 0 Å². The van der Waals surface area contributed by atoms with Crippen LogP contribution >= 0.6 is 22.7 Å². The van der Waals surface area contributed by atoms with Gasteiger partial charge in [0, 0.05) is 65.4 Å². The number of nitrogens with zero attached hydrogens (tertiary/aromatic N) is 4. The highest BCUT2D eigenvalue weighted by Crippen LogP contribution is 2.60. The summed E-state index contributed by atoms with van der Waals surface area (Å²) in [7, 11) is 0. The zero-order chi connectivity index (χ0) is 26.0. The normalized spacial score (nSPS) is 12.2. The Kier molecular flexibility index (Phi) is 5.34. The molecule has 0 aliphatic heterocycles. The van der Waals surface area contributed by atoms with E-state index < -0.39 is 33.0 Å². The van der Waals surface area contributed by atoms with Crippen molar-refractivity contribution in [1.29, 1.82) is 21.0 Å². The number of benzene rings is 1. The topological polar surface area (TPSA) is 95.2 Å². The van der Waals surface area contributed by atoms with Gasteiger partial charge in [-0.15, -0.1) is 22.7 Å². The van der Waals surface area contributed by atoms with Crippen LogP contribution < -0.4 is 0 Å². The summed E-state index contributed by atoms with van der Waals surface area (Å²) in [5, 5.41) is 37.1. The SMILES string of the molecule is CCc1c(F)sc2c1C(=C(C#N)C#N)c1c(F)c3c(c(F)c1-2)C(=C(C#N)C#N)c1c-3sc(F)c1CC. The van der Waals surface area contributed by atoms with Crippen LogP contribution in [0, 0.1) is 67.2 Å². The number of hydrogen-bond acceptors (Lipinski definition) is 6. The van der Waals surface area contributed by atoms with E-state index in [1.54, 1.807) is 38.1 Å². The van der Waals surface area contributed by atoms with Crippen LogP contribution in [-0.4, -0.2) is 0 Å². The number of thiophene rings is 2. The minimum Gasteiger partial charge on any atom is -0.206 e. The predicted octanol–water partition coefficient (Wildman–Crippen LogP) is 7.15. The van der Waals surface area contributed by atoms with Crippen molar-refractivity contribution in [2.24, 2.45) is 0 Å². The first-order chi connectivity index (χ1) is 17.3. The molecule has 0 unspecified atom stereocenters. The molecular formula is C26H10F4N4S2. The van der Waals surface area contributed by atoms with Crippen LogP contribution in [0.1, 0.15) is 47.2 Å². The van der Waals surface area contributed by atoms with Crippen molar-refractivity contribution in [1.82, 2.24) is 0 Å². The van der Waals surface area contributed by atoms with Gasteiger partial charge in [-0.1, -0.05) is 13.8 Å². The minimum absolute atomic E-state index is 0.0171. The van der Waals surface area contributed by atoms with Crippen molar-refractivity contribution < 1.29 is 17.6 Å². The number of allylic oxidation sites excluding steroid dienone is 2. The summed E-state index contributed by atoms with van der Waals surface area (Å²) in [5.41, 5.74) is -2.53. The number of hydrogen-bond donors (Lipinski definition) is 0. The standard InChI is InChI=1S/C26H10F4N4S2/c1-3-11-15-13(9(5-31)6-32)17-19(23(15)35-25(11)29)22(28)18-14(10(7-33)8-34)16-12(4-2)26(30)36-24(16)20(18)21(17)27/h3-4H2,1-2H3. The van der Waals surface area contributed by atoms with Crippen molar-refractivity contribution in [3.63, 3.8) is 0 Å². The Hall–Kier alpha value is -4.22. The van der Waals surface area contributed by atoms with Gasteiger partial charge in [-0.2, -0.15) is 29.8 Å². The highest BCUT2D eigenvalue weighted by molar-refractivity contribution is 7.15. The van der Waals surface area contributed by atoms with Crippen LogP contribution in [0.4, 0.5) is 17.6 Å². The smallest absolute Gasteiger partial charge is 0.180 e. The molecular weight excluding hydrogens is 508 g/mol. The fourth-order valence-electron chi connectivity index (χ4n) is 5.00. The van der Waals surface area contributed by atoms with Crippen LogP contribution in [0.5, 0.6) is 0 Å². The maximum atomic E-state index is 16.5. The molecule has 5 rings (SSSR count). The summed E-state index contributed by atoms with van der Waals surface area (Å²) < 4.78 is 62.6. The molecule has 2 aromatic heterocycles. The van der Waals surface area contributed by atoms with E-state index in [1.807, 2.05) is 0 Å². The third kappa shape index (κ3) is 2.69. The van der Waals surface area contributed by atoms with E-state index in [-0.39, 0.29) is 78.2 Å². The molecule has 0 atom stereocenters. The van der Waals surface area contributed by atoms with Crippen molar-refractivity contribution in [2.75, 3.05) is 0 Å². The average Bonchev–Trinajstić information content (AvgIpc) is 3.55. The van der Waals surface area contributed by atoms with Crippen LogP contribution in [0.3, 0.4) is 0 Å². The molecule has 2 aliphatic carbocycles. The average molecular weight is 519 g/mol. The Labute approximate surface area is 210 Å². The highest BCUT2D eigenvalue weighted by Gasteiger charge is 2.45. The highest BCUT2D eigenvalue weighted by atomic mass is 32.1. The zero-order valence-electron chi connectivity index (χ0n) is 18.5. The third-order valence-corrected chi connectivity index (χ3v) is 8.48. The fourth-order valence-corrected chi connectivity index (χ4v) is 7.34. The van der Waals surface area contributed by atoms with Gasteiger partial charge in [0.25, 0.3) is 0 Å². The lowest BCUT2D eigenvalue weighted by atomic mass is 9.91. The van der Waals surface area contributed by atoms with Crippen LogP contribution in [0.15, 0.2) is 11.1 Å². The second-order valence-corrected chi connectivity index (χ2v) is 9.84. The molecule has 0 bridgehead atoms. The second kappa shape index (κ2) is 8.18. The van der Waals surface area contributed by atoms with Gasteiger partial charge in [0.15, 0.2) is 10.3 Å². The first kappa shape index (κ1) is 23.5. The number of halogens is 4. The van der Waals surface area contributed by atoms with Crippen molar-refractivity contribution >= 4 is 33.8 Å². The van der Waals surface area contributed by atoms with E-state index in [0.29, 0.717) is 22.7 Å². The number of nitriles is 4. The Morgan fingerprint density at radius 1 is 0.583 bits per heavy atom. The molecule has 4 nitrogen and oxygen atoms in total. The van der Waals surface area contributed by atoms with Crippen molar-refractivity contribution in [3.8, 4) is 45.2 Å². The minimum atomic E-state index is -1.03. The lowest BCUT2D eigenvalue weighted by Gasteiger charge is -2.13. The third-order valence-electron chi connectivity index (χ3n) is 6.40. The van der Waals surface area contributed by atoms with Gasteiger partial charge < -0.3 is 0 Å². The van der Waals surface area contributed by atoms with Gasteiger partial charge >= 0.3 is 0 Å². The lowest BCUT2D eigenvalue weighted by molar-refractivity contribution is 0.603. The summed E-state index contributed by atoms with van der Waals surface area (Å²) in [6.07, 6.45) is 0.279. The van der Waals surface area contributed by atoms with E-state index in [2.05, 4.69) is 0 Å². The maximum Gasteiger partial charge on any atom is 0.180 e. The van der Waals surface area contributed by atoms with Crippen molar-refractivity contribution in [3.05, 3.63) is 66.4 Å². The molecule has 2 heterocycles. The van der Waals surface area contributed by atoms with Gasteiger partial charge in [0.2, 0.25) is 0 Å². The van der Waals surface area contributed by atoms with Gasteiger partial charge in [-0.25, -0.2) is 8.78 Å². The van der Waals surface area contributed by atoms with Gasteiger partial charge in [-0.05, 0) is 12.8 Å². The van der Waals surface area contributed by atoms with Crippen molar-refractivity contribution in [2.45, 2.75) is 26.7 Å². The van der Waals surface area contributed by atoms with Crippen LogP contribution in [-0.2, 0) is 12.8 Å². The van der Waals surface area contributed by atoms with Gasteiger partial charge in [0.05, 0.1) is 0 Å². The molecule has 0 spiro atoms. The lowest BCUT2D eigenvalue weighted by Crippen LogP contribution is -2.02. The quantitative estimate of drug-likeness (QED) is 0.183. The molecule has 174 valence electrons. The molecule has 0 amide bonds. The summed E-state index contributed by atoms with van der Waals surface area (Å²) in [6, 6.07) is 6.78. The van der Waals surface area contributed by atoms with Crippen LogP contribution in [0.2, 0.25) is 0 Å².